The van der Waals surface area contributed by atoms with Gasteiger partial charge in [0.05, 0.1) is 16.5 Å². The summed E-state index contributed by atoms with van der Waals surface area (Å²) in [7, 11) is -3.46. The zero-order valence-corrected chi connectivity index (χ0v) is 16.0. The highest BCUT2D eigenvalue weighted by molar-refractivity contribution is 7.89. The van der Waals surface area contributed by atoms with Crippen LogP contribution in [-0.2, 0) is 16.6 Å². The second-order valence-corrected chi connectivity index (χ2v) is 8.63. The van der Waals surface area contributed by atoms with Crippen LogP contribution in [0.5, 0.6) is 0 Å². The standard InChI is InChI=1S/C20H23N3O2S/c1-16-7-8-20(13-17(16)2)26(24,25)23-11-9-22(10-12-23)15-19-6-4-3-5-18(19)14-21/h3-8,13H,9-12,15H2,1-2H3. The summed E-state index contributed by atoms with van der Waals surface area (Å²) in [5.41, 5.74) is 3.74. The molecule has 1 aliphatic rings. The third kappa shape index (κ3) is 3.80. The molecule has 0 atom stereocenters. The second kappa shape index (κ2) is 7.58. The quantitative estimate of drug-likeness (QED) is 0.831. The molecular formula is C20H23N3O2S. The van der Waals surface area contributed by atoms with Crippen LogP contribution < -0.4 is 0 Å². The van der Waals surface area contributed by atoms with Gasteiger partial charge in [0.25, 0.3) is 0 Å². The zero-order chi connectivity index (χ0) is 18.7. The summed E-state index contributed by atoms with van der Waals surface area (Å²) in [6.07, 6.45) is 0. The lowest BCUT2D eigenvalue weighted by atomic mass is 10.1. The first-order chi connectivity index (χ1) is 12.4. The Balaban J connectivity index is 1.68. The summed E-state index contributed by atoms with van der Waals surface area (Å²) in [5, 5.41) is 9.21. The number of sulfonamides is 1. The van der Waals surface area contributed by atoms with Crippen LogP contribution >= 0.6 is 0 Å². The lowest BCUT2D eigenvalue weighted by Crippen LogP contribution is -2.48. The van der Waals surface area contributed by atoms with E-state index in [9.17, 15) is 13.7 Å². The molecule has 0 aliphatic carbocycles. The highest BCUT2D eigenvalue weighted by Gasteiger charge is 2.28. The lowest BCUT2D eigenvalue weighted by Gasteiger charge is -2.34. The van der Waals surface area contributed by atoms with Crippen LogP contribution in [0.25, 0.3) is 0 Å². The Labute approximate surface area is 155 Å². The first kappa shape index (κ1) is 18.6. The van der Waals surface area contributed by atoms with Crippen molar-refractivity contribution in [2.24, 2.45) is 0 Å². The fourth-order valence-electron chi connectivity index (χ4n) is 3.16. The van der Waals surface area contributed by atoms with Gasteiger partial charge in [-0.1, -0.05) is 24.3 Å². The second-order valence-electron chi connectivity index (χ2n) is 6.70. The molecule has 1 aliphatic heterocycles. The summed E-state index contributed by atoms with van der Waals surface area (Å²) >= 11 is 0. The van der Waals surface area contributed by atoms with Gasteiger partial charge in [-0.05, 0) is 48.7 Å². The van der Waals surface area contributed by atoms with Gasteiger partial charge < -0.3 is 0 Å². The summed E-state index contributed by atoms with van der Waals surface area (Å²) in [6, 6.07) is 15.1. The Kier molecular flexibility index (Phi) is 5.42. The van der Waals surface area contributed by atoms with E-state index in [0.29, 0.717) is 43.2 Å². The first-order valence-corrected chi connectivity index (χ1v) is 10.1. The molecule has 136 valence electrons. The van der Waals surface area contributed by atoms with E-state index in [1.54, 1.807) is 16.4 Å². The predicted octanol–water partition coefficient (Wildman–Crippen LogP) is 2.68. The van der Waals surface area contributed by atoms with Gasteiger partial charge in [0.2, 0.25) is 10.0 Å². The van der Waals surface area contributed by atoms with Gasteiger partial charge in [0.1, 0.15) is 0 Å². The van der Waals surface area contributed by atoms with Crippen molar-refractivity contribution < 1.29 is 8.42 Å². The van der Waals surface area contributed by atoms with Crippen LogP contribution in [0.4, 0.5) is 0 Å². The van der Waals surface area contributed by atoms with Gasteiger partial charge in [-0.25, -0.2) is 8.42 Å². The Morgan fingerprint density at radius 3 is 2.35 bits per heavy atom. The summed E-state index contributed by atoms with van der Waals surface area (Å²) in [4.78, 5) is 2.56. The van der Waals surface area contributed by atoms with Gasteiger partial charge in [0, 0.05) is 32.7 Å². The molecule has 0 amide bonds. The molecule has 0 N–H and O–H groups in total. The van der Waals surface area contributed by atoms with Gasteiger partial charge >= 0.3 is 0 Å². The number of piperazine rings is 1. The maximum absolute atomic E-state index is 12.9. The number of nitriles is 1. The van der Waals surface area contributed by atoms with Crippen molar-refractivity contribution in [2.75, 3.05) is 26.2 Å². The Bertz CT molecular complexity index is 940. The molecule has 1 saturated heterocycles. The number of hydrogen-bond acceptors (Lipinski definition) is 4. The van der Waals surface area contributed by atoms with Crippen LogP contribution in [0.15, 0.2) is 47.4 Å². The van der Waals surface area contributed by atoms with E-state index in [2.05, 4.69) is 11.0 Å². The van der Waals surface area contributed by atoms with E-state index in [-0.39, 0.29) is 0 Å². The molecule has 6 heteroatoms. The maximum atomic E-state index is 12.9. The number of hydrogen-bond donors (Lipinski definition) is 0. The average molecular weight is 369 g/mol. The molecular weight excluding hydrogens is 346 g/mol. The highest BCUT2D eigenvalue weighted by atomic mass is 32.2. The Hall–Kier alpha value is -2.20. The van der Waals surface area contributed by atoms with Gasteiger partial charge in [0.15, 0.2) is 0 Å². The van der Waals surface area contributed by atoms with Crippen molar-refractivity contribution in [3.8, 4) is 6.07 Å². The molecule has 1 heterocycles. The number of aryl methyl sites for hydroxylation is 2. The van der Waals surface area contributed by atoms with Crippen LogP contribution in [0.3, 0.4) is 0 Å². The number of rotatable bonds is 4. The largest absolute Gasteiger partial charge is 0.296 e. The van der Waals surface area contributed by atoms with E-state index >= 15 is 0 Å². The van der Waals surface area contributed by atoms with Crippen LogP contribution in [-0.4, -0.2) is 43.8 Å². The first-order valence-electron chi connectivity index (χ1n) is 8.69. The van der Waals surface area contributed by atoms with Crippen molar-refractivity contribution in [1.82, 2.24) is 9.21 Å². The van der Waals surface area contributed by atoms with Crippen molar-refractivity contribution in [3.05, 3.63) is 64.7 Å². The van der Waals surface area contributed by atoms with Crippen molar-refractivity contribution in [2.45, 2.75) is 25.3 Å². The molecule has 0 bridgehead atoms. The van der Waals surface area contributed by atoms with Crippen LogP contribution in [0, 0.1) is 25.2 Å². The normalized spacial score (nSPS) is 16.3. The molecule has 5 nitrogen and oxygen atoms in total. The monoisotopic (exact) mass is 369 g/mol. The topological polar surface area (TPSA) is 64.4 Å². The summed E-state index contributed by atoms with van der Waals surface area (Å²) in [5.74, 6) is 0. The molecule has 0 unspecified atom stereocenters. The highest BCUT2D eigenvalue weighted by Crippen LogP contribution is 2.21. The van der Waals surface area contributed by atoms with Crippen LogP contribution in [0.1, 0.15) is 22.3 Å². The minimum absolute atomic E-state index is 0.365. The molecule has 3 rings (SSSR count). The minimum Gasteiger partial charge on any atom is -0.296 e. The van der Waals surface area contributed by atoms with Gasteiger partial charge in [-0.3, -0.25) is 4.90 Å². The third-order valence-electron chi connectivity index (χ3n) is 4.98. The Morgan fingerprint density at radius 1 is 1.00 bits per heavy atom. The van der Waals surface area contributed by atoms with E-state index < -0.39 is 10.0 Å². The molecule has 0 aromatic heterocycles. The fourth-order valence-corrected chi connectivity index (χ4v) is 4.67. The predicted molar refractivity (Wildman–Crippen MR) is 101 cm³/mol. The lowest BCUT2D eigenvalue weighted by molar-refractivity contribution is 0.181. The Morgan fingerprint density at radius 2 is 1.69 bits per heavy atom. The minimum atomic E-state index is -3.46. The molecule has 0 spiro atoms. The molecule has 26 heavy (non-hydrogen) atoms. The van der Waals surface area contributed by atoms with Gasteiger partial charge in [-0.2, -0.15) is 9.57 Å². The van der Waals surface area contributed by atoms with Crippen molar-refractivity contribution in [1.29, 1.82) is 5.26 Å². The summed E-state index contributed by atoms with van der Waals surface area (Å²) < 4.78 is 27.3. The molecule has 0 saturated carbocycles. The van der Waals surface area contributed by atoms with E-state index in [1.807, 2.05) is 44.2 Å². The average Bonchev–Trinajstić information content (AvgIpc) is 2.65. The number of nitrogens with zero attached hydrogens (tertiary/aromatic N) is 3. The maximum Gasteiger partial charge on any atom is 0.243 e. The van der Waals surface area contributed by atoms with Gasteiger partial charge in [-0.15, -0.1) is 0 Å². The van der Waals surface area contributed by atoms with E-state index in [0.717, 1.165) is 16.7 Å². The smallest absolute Gasteiger partial charge is 0.243 e. The fraction of sp³-hybridized carbons (Fsp3) is 0.350. The third-order valence-corrected chi connectivity index (χ3v) is 6.87. The zero-order valence-electron chi connectivity index (χ0n) is 15.1. The van der Waals surface area contributed by atoms with Crippen molar-refractivity contribution in [3.63, 3.8) is 0 Å². The molecule has 0 radical (unpaired) electrons. The molecule has 2 aromatic rings. The SMILES string of the molecule is Cc1ccc(S(=O)(=O)N2CCN(Cc3ccccc3C#N)CC2)cc1C. The number of benzene rings is 2. The van der Waals surface area contributed by atoms with E-state index in [1.165, 1.54) is 0 Å². The molecule has 1 fully saturated rings. The molecule has 2 aromatic carbocycles. The van der Waals surface area contributed by atoms with E-state index in [4.69, 9.17) is 0 Å². The van der Waals surface area contributed by atoms with Crippen LogP contribution in [0.2, 0.25) is 0 Å². The summed E-state index contributed by atoms with van der Waals surface area (Å²) in [6.45, 7) is 6.81. The van der Waals surface area contributed by atoms with Crippen molar-refractivity contribution >= 4 is 10.0 Å².